The normalized spacial score (nSPS) is 20.8. The van der Waals surface area contributed by atoms with E-state index in [2.05, 4.69) is 37.7 Å². The van der Waals surface area contributed by atoms with Gasteiger partial charge < -0.3 is 25.3 Å². The number of hydrogen-bond donors (Lipinski definition) is 3. The molecule has 252 valence electrons. The molecule has 3 heterocycles. The minimum Gasteiger partial charge on any atom is -0.381 e. The molecule has 2 amide bonds. The average molecular weight is 661 g/mol. The average Bonchev–Trinajstić information content (AvgIpc) is 3.42. The van der Waals surface area contributed by atoms with Crippen molar-refractivity contribution in [2.24, 2.45) is 5.92 Å². The molecule has 3 N–H and O–H groups in total. The van der Waals surface area contributed by atoms with Gasteiger partial charge in [-0.25, -0.2) is 13.8 Å². The monoisotopic (exact) mass is 660 g/mol. The van der Waals surface area contributed by atoms with Crippen molar-refractivity contribution in [2.75, 3.05) is 45.2 Å². The van der Waals surface area contributed by atoms with Gasteiger partial charge in [-0.15, -0.1) is 0 Å². The van der Waals surface area contributed by atoms with Crippen LogP contribution in [0.15, 0.2) is 30.6 Å². The van der Waals surface area contributed by atoms with Crippen molar-refractivity contribution in [3.8, 4) is 11.8 Å². The summed E-state index contributed by atoms with van der Waals surface area (Å²) >= 11 is 0. The predicted octanol–water partition coefficient (Wildman–Crippen LogP) is 4.44. The number of benzene rings is 2. The molecule has 5 rings (SSSR count). The molecule has 47 heavy (non-hydrogen) atoms. The first-order valence-electron chi connectivity index (χ1n) is 15.4. The topological polar surface area (TPSA) is 101 Å². The highest BCUT2D eigenvalue weighted by Crippen LogP contribution is 2.28. The van der Waals surface area contributed by atoms with Gasteiger partial charge in [0, 0.05) is 50.6 Å². The summed E-state index contributed by atoms with van der Waals surface area (Å²) in [4.78, 5) is 31.7. The molecule has 9 nitrogen and oxygen atoms in total. The lowest BCUT2D eigenvalue weighted by atomic mass is 9.89. The Balaban J connectivity index is 1.37. The number of nitrogens with one attached hydrogen (secondary N) is 3. The predicted molar refractivity (Wildman–Crippen MR) is 166 cm³/mol. The lowest BCUT2D eigenvalue weighted by Crippen LogP contribution is -2.59. The number of carbonyl (C=O) groups is 2. The molecule has 1 aromatic heterocycles. The number of aromatic nitrogens is 2. The molecule has 2 aromatic carbocycles. The van der Waals surface area contributed by atoms with Crippen LogP contribution < -0.4 is 16.0 Å². The van der Waals surface area contributed by atoms with E-state index in [0.717, 1.165) is 23.7 Å². The van der Waals surface area contributed by atoms with Crippen molar-refractivity contribution >= 4 is 28.5 Å². The SMILES string of the molecule is CNC(=O)c1cc(C)c(NCC#Cc2cc(C(=O)N[C@@H]3[C@@H](C)CN(C4CCOCC4)C[C@@H]3F)c3ncn(CC(F)(F)F)c3c2)cc1F. The summed E-state index contributed by atoms with van der Waals surface area (Å²) in [6.07, 6.45) is -3.24. The maximum atomic E-state index is 15.5. The van der Waals surface area contributed by atoms with Gasteiger partial charge in [0.25, 0.3) is 11.8 Å². The molecule has 0 saturated carbocycles. The first kappa shape index (κ1) is 34.1. The maximum absolute atomic E-state index is 15.5. The lowest BCUT2D eigenvalue weighted by Gasteiger charge is -2.44. The summed E-state index contributed by atoms with van der Waals surface area (Å²) in [5.74, 6) is 3.54. The van der Waals surface area contributed by atoms with E-state index in [0.29, 0.717) is 31.0 Å². The third-order valence-electron chi connectivity index (χ3n) is 8.64. The molecular weight excluding hydrogens is 623 g/mol. The Hall–Kier alpha value is -4.22. The lowest BCUT2D eigenvalue weighted by molar-refractivity contribution is -0.140. The Morgan fingerprint density at radius 3 is 2.51 bits per heavy atom. The van der Waals surface area contributed by atoms with Crippen LogP contribution in [0.2, 0.25) is 0 Å². The molecule has 0 unspecified atom stereocenters. The number of piperidine rings is 1. The van der Waals surface area contributed by atoms with E-state index >= 15 is 4.39 Å². The number of amides is 2. The van der Waals surface area contributed by atoms with Crippen molar-refractivity contribution in [1.82, 2.24) is 25.1 Å². The van der Waals surface area contributed by atoms with Crippen LogP contribution in [0.25, 0.3) is 11.0 Å². The van der Waals surface area contributed by atoms with E-state index in [1.54, 1.807) is 6.92 Å². The van der Waals surface area contributed by atoms with Crippen LogP contribution in [0.4, 0.5) is 27.6 Å². The molecule has 0 aliphatic carbocycles. The Kier molecular flexibility index (Phi) is 10.4. The van der Waals surface area contributed by atoms with Gasteiger partial charge in [0.05, 0.1) is 35.6 Å². The molecule has 0 bridgehead atoms. The molecule has 2 saturated heterocycles. The molecule has 0 radical (unpaired) electrons. The van der Waals surface area contributed by atoms with Gasteiger partial charge >= 0.3 is 6.18 Å². The van der Waals surface area contributed by atoms with E-state index in [4.69, 9.17) is 4.74 Å². The van der Waals surface area contributed by atoms with E-state index < -0.39 is 42.6 Å². The van der Waals surface area contributed by atoms with Crippen molar-refractivity contribution in [3.05, 3.63) is 58.7 Å². The molecule has 2 aliphatic heterocycles. The first-order valence-corrected chi connectivity index (χ1v) is 15.4. The molecule has 14 heteroatoms. The summed E-state index contributed by atoms with van der Waals surface area (Å²) < 4.78 is 76.4. The van der Waals surface area contributed by atoms with Crippen molar-refractivity contribution in [3.63, 3.8) is 0 Å². The largest absolute Gasteiger partial charge is 0.406 e. The fraction of sp³-hybridized carbons (Fsp3) is 0.485. The smallest absolute Gasteiger partial charge is 0.381 e. The second-order valence-corrected chi connectivity index (χ2v) is 12.1. The number of hydrogen-bond acceptors (Lipinski definition) is 6. The van der Waals surface area contributed by atoms with Gasteiger partial charge in [-0.2, -0.15) is 13.2 Å². The van der Waals surface area contributed by atoms with Crippen LogP contribution in [0.1, 0.15) is 51.6 Å². The summed E-state index contributed by atoms with van der Waals surface area (Å²) in [5.41, 5.74) is 1.22. The maximum Gasteiger partial charge on any atom is 0.406 e. The highest BCUT2D eigenvalue weighted by atomic mass is 19.4. The molecular formula is C33H37F5N6O3. The van der Waals surface area contributed by atoms with Gasteiger partial charge in [0.2, 0.25) is 0 Å². The number of halogens is 5. The molecule has 2 aliphatic rings. The van der Waals surface area contributed by atoms with Gasteiger partial charge in [-0.05, 0) is 55.5 Å². The second kappa shape index (κ2) is 14.3. The fourth-order valence-electron chi connectivity index (χ4n) is 6.26. The number of likely N-dealkylation sites (tertiary alicyclic amines) is 1. The van der Waals surface area contributed by atoms with Gasteiger partial charge in [-0.1, -0.05) is 18.8 Å². The van der Waals surface area contributed by atoms with Gasteiger partial charge in [0.1, 0.15) is 24.1 Å². The number of anilines is 1. The van der Waals surface area contributed by atoms with Crippen LogP contribution in [0, 0.1) is 30.5 Å². The quantitative estimate of drug-likeness (QED) is 0.256. The van der Waals surface area contributed by atoms with Crippen molar-refractivity contribution in [2.45, 2.75) is 57.7 Å². The first-order chi connectivity index (χ1) is 22.3. The summed E-state index contributed by atoms with van der Waals surface area (Å²) in [6.45, 7) is 4.26. The second-order valence-electron chi connectivity index (χ2n) is 12.1. The Morgan fingerprint density at radius 2 is 1.83 bits per heavy atom. The summed E-state index contributed by atoms with van der Waals surface area (Å²) in [6, 6.07) is 4.83. The highest BCUT2D eigenvalue weighted by molar-refractivity contribution is 6.05. The number of imidazole rings is 1. The van der Waals surface area contributed by atoms with Gasteiger partial charge in [0.15, 0.2) is 0 Å². The number of fused-ring (bicyclic) bond motifs is 1. The minimum absolute atomic E-state index is 0.0188. The summed E-state index contributed by atoms with van der Waals surface area (Å²) in [7, 11) is 1.40. The molecule has 2 fully saturated rings. The van der Waals surface area contributed by atoms with Crippen molar-refractivity contribution < 1.29 is 36.3 Å². The zero-order valence-corrected chi connectivity index (χ0v) is 26.3. The third-order valence-corrected chi connectivity index (χ3v) is 8.64. The standard InChI is InChI=1S/C33H37F5N6O3/c1-19-11-23(31(45)39-3)25(34)14-27(19)40-8-4-5-21-12-24(30-28(13-21)44(18-41-30)17-33(36,37)38)32(46)42-29-20(2)15-43(16-26(29)35)22-6-9-47-10-7-22/h11-14,18,20,22,26,29,40H,6-10,15-17H2,1-3H3,(H,39,45)(H,42,46)/t20-,26-,29+/m0/s1. The van der Waals surface area contributed by atoms with Crippen LogP contribution in [-0.4, -0.2) is 90.6 Å². The molecule has 0 spiro atoms. The Bertz CT molecular complexity index is 1680. The molecule has 3 atom stereocenters. The number of rotatable bonds is 7. The van der Waals surface area contributed by atoms with E-state index in [1.807, 2.05) is 6.92 Å². The minimum atomic E-state index is -4.54. The molecule has 3 aromatic rings. The number of ether oxygens (including phenoxy) is 1. The number of carbonyl (C=O) groups excluding carboxylic acids is 2. The van der Waals surface area contributed by atoms with Crippen molar-refractivity contribution in [1.29, 1.82) is 0 Å². The Morgan fingerprint density at radius 1 is 1.09 bits per heavy atom. The van der Waals surface area contributed by atoms with Crippen LogP contribution in [0.3, 0.4) is 0 Å². The third kappa shape index (κ3) is 8.02. The Labute approximate surface area is 269 Å². The summed E-state index contributed by atoms with van der Waals surface area (Å²) in [5, 5.41) is 8.14. The zero-order valence-electron chi connectivity index (χ0n) is 26.3. The number of alkyl halides is 4. The van der Waals surface area contributed by atoms with E-state index in [-0.39, 0.29) is 52.8 Å². The fourth-order valence-corrected chi connectivity index (χ4v) is 6.26. The zero-order chi connectivity index (χ0) is 33.9. The van der Waals surface area contributed by atoms with E-state index in [9.17, 15) is 27.2 Å². The number of aryl methyl sites for hydroxylation is 1. The highest BCUT2D eigenvalue weighted by Gasteiger charge is 2.39. The number of nitrogens with zero attached hydrogens (tertiary/aromatic N) is 3. The van der Waals surface area contributed by atoms with Crippen LogP contribution in [-0.2, 0) is 11.3 Å². The van der Waals surface area contributed by atoms with Crippen LogP contribution >= 0.6 is 0 Å². The van der Waals surface area contributed by atoms with Gasteiger partial charge in [-0.3, -0.25) is 14.5 Å². The van der Waals surface area contributed by atoms with Crippen LogP contribution in [0.5, 0.6) is 0 Å². The van der Waals surface area contributed by atoms with E-state index in [1.165, 1.54) is 31.3 Å².